The molecule has 0 fully saturated rings. The summed E-state index contributed by atoms with van der Waals surface area (Å²) in [4.78, 5) is 27.6. The molecule has 0 aromatic heterocycles. The lowest BCUT2D eigenvalue weighted by Crippen LogP contribution is -2.55. The van der Waals surface area contributed by atoms with E-state index in [0.717, 1.165) is 17.7 Å². The van der Waals surface area contributed by atoms with Gasteiger partial charge in [0, 0.05) is 29.3 Å². The molecule has 0 bridgehead atoms. The van der Waals surface area contributed by atoms with Gasteiger partial charge in [0.1, 0.15) is 5.75 Å². The summed E-state index contributed by atoms with van der Waals surface area (Å²) in [5, 5.41) is 3.01. The molecule has 3 aromatic carbocycles. The topological polar surface area (TPSA) is 58.6 Å². The second kappa shape index (κ2) is 8.39. The van der Waals surface area contributed by atoms with Crippen LogP contribution in [0.3, 0.4) is 0 Å². The standard InChI is InChI=1S/C28H30N2O3/c1-19(31)30-24-16-15-21(29-26(32)22-13-9-10-14-25(22)33-5)17-23(24)28(4,18-27(30,2)3)20-11-7-6-8-12-20/h6-17H,18H2,1-5H3,(H,29,32). The molecule has 0 saturated heterocycles. The van der Waals surface area contributed by atoms with Crippen LogP contribution in [0.15, 0.2) is 72.8 Å². The molecule has 1 unspecified atom stereocenters. The molecule has 2 amide bonds. The number of methoxy groups -OCH3 is 1. The van der Waals surface area contributed by atoms with Crippen LogP contribution in [0.2, 0.25) is 0 Å². The van der Waals surface area contributed by atoms with Gasteiger partial charge in [-0.2, -0.15) is 0 Å². The van der Waals surface area contributed by atoms with Crippen LogP contribution in [-0.2, 0) is 10.2 Å². The first-order valence-electron chi connectivity index (χ1n) is 11.1. The van der Waals surface area contributed by atoms with Crippen molar-refractivity contribution >= 4 is 23.2 Å². The monoisotopic (exact) mass is 442 g/mol. The van der Waals surface area contributed by atoms with Crippen LogP contribution >= 0.6 is 0 Å². The number of para-hydroxylation sites is 1. The maximum absolute atomic E-state index is 13.0. The highest BCUT2D eigenvalue weighted by Crippen LogP contribution is 2.51. The largest absolute Gasteiger partial charge is 0.496 e. The molecular formula is C28H30N2O3. The number of hydrogen-bond donors (Lipinski definition) is 1. The average molecular weight is 443 g/mol. The SMILES string of the molecule is COc1ccccc1C(=O)Nc1ccc2c(c1)C(C)(c1ccccc1)CC(C)(C)N2C(C)=O. The number of rotatable bonds is 4. The van der Waals surface area contributed by atoms with Crippen molar-refractivity contribution in [2.75, 3.05) is 17.3 Å². The zero-order chi connectivity index (χ0) is 23.8. The van der Waals surface area contributed by atoms with Crippen molar-refractivity contribution < 1.29 is 14.3 Å². The van der Waals surface area contributed by atoms with E-state index < -0.39 is 0 Å². The van der Waals surface area contributed by atoms with E-state index in [9.17, 15) is 9.59 Å². The molecule has 1 aliphatic rings. The molecular weight excluding hydrogens is 412 g/mol. The van der Waals surface area contributed by atoms with Crippen LogP contribution in [0.25, 0.3) is 0 Å². The Balaban J connectivity index is 1.82. The highest BCUT2D eigenvalue weighted by molar-refractivity contribution is 6.06. The minimum absolute atomic E-state index is 0.00201. The van der Waals surface area contributed by atoms with E-state index in [2.05, 4.69) is 38.2 Å². The molecule has 1 N–H and O–H groups in total. The number of hydrogen-bond acceptors (Lipinski definition) is 3. The second-order valence-corrected chi connectivity index (χ2v) is 9.43. The number of ether oxygens (including phenoxy) is 1. The van der Waals surface area contributed by atoms with Gasteiger partial charge in [-0.05, 0) is 61.7 Å². The lowest BCUT2D eigenvalue weighted by atomic mass is 9.65. The van der Waals surface area contributed by atoms with Gasteiger partial charge in [0.05, 0.1) is 12.7 Å². The number of fused-ring (bicyclic) bond motifs is 1. The summed E-state index contributed by atoms with van der Waals surface area (Å²) < 4.78 is 5.34. The molecule has 0 radical (unpaired) electrons. The zero-order valence-corrected chi connectivity index (χ0v) is 19.8. The third-order valence-corrected chi connectivity index (χ3v) is 6.56. The van der Waals surface area contributed by atoms with E-state index in [-0.39, 0.29) is 22.8 Å². The summed E-state index contributed by atoms with van der Waals surface area (Å²) in [6.07, 6.45) is 0.750. The van der Waals surface area contributed by atoms with Crippen molar-refractivity contribution in [2.24, 2.45) is 0 Å². The molecule has 0 aliphatic carbocycles. The smallest absolute Gasteiger partial charge is 0.259 e. The number of benzene rings is 3. The third-order valence-electron chi connectivity index (χ3n) is 6.56. The first-order valence-corrected chi connectivity index (χ1v) is 11.1. The second-order valence-electron chi connectivity index (χ2n) is 9.43. The fraction of sp³-hybridized carbons (Fsp3) is 0.286. The molecule has 0 spiro atoms. The molecule has 1 aliphatic heterocycles. The lowest BCUT2D eigenvalue weighted by Gasteiger charge is -2.51. The predicted octanol–water partition coefficient (Wildman–Crippen LogP) is 5.79. The summed E-state index contributed by atoms with van der Waals surface area (Å²) in [7, 11) is 1.55. The minimum atomic E-state index is -0.369. The fourth-order valence-corrected chi connectivity index (χ4v) is 5.31. The molecule has 5 heteroatoms. The highest BCUT2D eigenvalue weighted by Gasteiger charge is 2.47. The Kier molecular flexibility index (Phi) is 5.75. The Morgan fingerprint density at radius 3 is 2.27 bits per heavy atom. The number of anilines is 2. The quantitative estimate of drug-likeness (QED) is 0.556. The van der Waals surface area contributed by atoms with Crippen molar-refractivity contribution in [1.29, 1.82) is 0 Å². The van der Waals surface area contributed by atoms with Gasteiger partial charge in [0.25, 0.3) is 5.91 Å². The van der Waals surface area contributed by atoms with E-state index >= 15 is 0 Å². The average Bonchev–Trinajstić information content (AvgIpc) is 2.79. The van der Waals surface area contributed by atoms with Gasteiger partial charge < -0.3 is 15.0 Å². The lowest BCUT2D eigenvalue weighted by molar-refractivity contribution is -0.117. The fourth-order valence-electron chi connectivity index (χ4n) is 5.31. The van der Waals surface area contributed by atoms with Crippen molar-refractivity contribution in [3.63, 3.8) is 0 Å². The summed E-state index contributed by atoms with van der Waals surface area (Å²) in [5.74, 6) is 0.280. The Labute approximate surface area is 195 Å². The molecule has 5 nitrogen and oxygen atoms in total. The number of nitrogens with one attached hydrogen (secondary N) is 1. The summed E-state index contributed by atoms with van der Waals surface area (Å²) >= 11 is 0. The van der Waals surface area contributed by atoms with E-state index in [1.807, 2.05) is 53.4 Å². The summed E-state index contributed by atoms with van der Waals surface area (Å²) in [6, 6.07) is 23.3. The molecule has 33 heavy (non-hydrogen) atoms. The molecule has 0 saturated carbocycles. The number of amides is 2. The Morgan fingerprint density at radius 1 is 0.939 bits per heavy atom. The first-order chi connectivity index (χ1) is 15.7. The molecule has 1 heterocycles. The van der Waals surface area contributed by atoms with Crippen LogP contribution in [0.4, 0.5) is 11.4 Å². The summed E-state index contributed by atoms with van der Waals surface area (Å²) in [6.45, 7) is 8.03. The van der Waals surface area contributed by atoms with Crippen LogP contribution in [-0.4, -0.2) is 24.5 Å². The van der Waals surface area contributed by atoms with Crippen molar-refractivity contribution in [3.05, 3.63) is 89.5 Å². The van der Waals surface area contributed by atoms with Gasteiger partial charge >= 0.3 is 0 Å². The first kappa shape index (κ1) is 22.6. The van der Waals surface area contributed by atoms with Crippen LogP contribution in [0, 0.1) is 0 Å². The van der Waals surface area contributed by atoms with Gasteiger partial charge in [-0.3, -0.25) is 9.59 Å². The molecule has 3 aromatic rings. The molecule has 1 atom stereocenters. The van der Waals surface area contributed by atoms with Crippen LogP contribution in [0.1, 0.15) is 55.6 Å². The zero-order valence-electron chi connectivity index (χ0n) is 19.8. The Morgan fingerprint density at radius 2 is 1.61 bits per heavy atom. The van der Waals surface area contributed by atoms with Crippen molar-refractivity contribution in [1.82, 2.24) is 0 Å². The van der Waals surface area contributed by atoms with Gasteiger partial charge in [-0.25, -0.2) is 0 Å². The van der Waals surface area contributed by atoms with Gasteiger partial charge in [-0.1, -0.05) is 49.4 Å². The number of nitrogens with zero attached hydrogens (tertiary/aromatic N) is 1. The van der Waals surface area contributed by atoms with Gasteiger partial charge in [0.2, 0.25) is 5.91 Å². The normalized spacial score (nSPS) is 18.9. The highest BCUT2D eigenvalue weighted by atomic mass is 16.5. The number of carbonyl (C=O) groups is 2. The van der Waals surface area contributed by atoms with Crippen LogP contribution < -0.4 is 15.0 Å². The van der Waals surface area contributed by atoms with E-state index in [1.54, 1.807) is 26.2 Å². The third kappa shape index (κ3) is 3.99. The van der Waals surface area contributed by atoms with E-state index in [0.29, 0.717) is 17.0 Å². The minimum Gasteiger partial charge on any atom is -0.496 e. The van der Waals surface area contributed by atoms with Crippen molar-refractivity contribution in [2.45, 2.75) is 45.1 Å². The maximum Gasteiger partial charge on any atom is 0.259 e. The van der Waals surface area contributed by atoms with Crippen LogP contribution in [0.5, 0.6) is 5.75 Å². The Bertz CT molecular complexity index is 1200. The van der Waals surface area contributed by atoms with E-state index in [1.165, 1.54) is 5.56 Å². The van der Waals surface area contributed by atoms with Gasteiger partial charge in [0.15, 0.2) is 0 Å². The molecule has 4 rings (SSSR count). The Hall–Kier alpha value is -3.60. The molecule has 170 valence electrons. The summed E-state index contributed by atoms with van der Waals surface area (Å²) in [5.41, 5.74) is 3.50. The number of carbonyl (C=O) groups excluding carboxylic acids is 2. The predicted molar refractivity (Wildman–Crippen MR) is 132 cm³/mol. The maximum atomic E-state index is 13.0. The van der Waals surface area contributed by atoms with Gasteiger partial charge in [-0.15, -0.1) is 0 Å². The van der Waals surface area contributed by atoms with Crippen molar-refractivity contribution in [3.8, 4) is 5.75 Å². The van der Waals surface area contributed by atoms with E-state index in [4.69, 9.17) is 4.74 Å².